The normalized spacial score (nSPS) is 22.3. The molecule has 1 aliphatic heterocycles. The van der Waals surface area contributed by atoms with Crippen molar-refractivity contribution in [3.05, 3.63) is 92.8 Å². The Bertz CT molecular complexity index is 1380. The number of phosphoric ester groups is 1. The van der Waals surface area contributed by atoms with Gasteiger partial charge in [-0.15, -0.1) is 0 Å². The Morgan fingerprint density at radius 2 is 1.63 bits per heavy atom. The lowest BCUT2D eigenvalue weighted by Gasteiger charge is -2.18. The van der Waals surface area contributed by atoms with Crippen molar-refractivity contribution in [1.82, 2.24) is 9.55 Å². The van der Waals surface area contributed by atoms with Gasteiger partial charge in [0.25, 0.3) is 5.56 Å². The molecule has 0 unspecified atom stereocenters. The second-order valence-corrected chi connectivity index (χ2v) is 9.05. The molecule has 13 heteroatoms. The highest BCUT2D eigenvalue weighted by Crippen LogP contribution is 2.38. The van der Waals surface area contributed by atoms with Crippen molar-refractivity contribution >= 4 is 13.6 Å². The molecule has 0 bridgehead atoms. The first-order valence-corrected chi connectivity index (χ1v) is 11.9. The first kappa shape index (κ1) is 24.9. The van der Waals surface area contributed by atoms with Crippen molar-refractivity contribution in [2.24, 2.45) is 0 Å². The number of ether oxygens (including phenoxy) is 1. The highest BCUT2D eigenvalue weighted by atomic mass is 31.2. The zero-order valence-electron chi connectivity index (χ0n) is 17.9. The number of nitrogens with one attached hydrogen (secondary N) is 1. The fourth-order valence-corrected chi connectivity index (χ4v) is 4.04. The molecule has 0 amide bonds. The van der Waals surface area contributed by atoms with E-state index in [-0.39, 0.29) is 5.56 Å². The number of ketones is 1. The topological polar surface area (TPSA) is 188 Å². The maximum absolute atomic E-state index is 13.0. The first-order chi connectivity index (χ1) is 16.5. The van der Waals surface area contributed by atoms with Crippen LogP contribution in [0.15, 0.2) is 70.4 Å². The van der Waals surface area contributed by atoms with Gasteiger partial charge in [-0.3, -0.25) is 23.7 Å². The van der Waals surface area contributed by atoms with Crippen LogP contribution in [0, 0.1) is 0 Å². The Hall–Kier alpha value is -3.22. The fraction of sp³-hybridized carbons (Fsp3) is 0.227. The Morgan fingerprint density at radius 1 is 1.00 bits per heavy atom. The molecule has 4 rings (SSSR count). The van der Waals surface area contributed by atoms with Gasteiger partial charge in [0, 0.05) is 11.8 Å². The predicted molar refractivity (Wildman–Crippen MR) is 121 cm³/mol. The van der Waals surface area contributed by atoms with E-state index in [9.17, 15) is 29.2 Å². The van der Waals surface area contributed by atoms with Crippen LogP contribution in [0.3, 0.4) is 0 Å². The highest BCUT2D eigenvalue weighted by Gasteiger charge is 2.45. The van der Waals surface area contributed by atoms with Crippen molar-refractivity contribution in [2.75, 3.05) is 6.61 Å². The van der Waals surface area contributed by atoms with Crippen molar-refractivity contribution in [3.63, 3.8) is 0 Å². The molecule has 5 N–H and O–H groups in total. The van der Waals surface area contributed by atoms with E-state index in [0.717, 1.165) is 21.9 Å². The van der Waals surface area contributed by atoms with Gasteiger partial charge in [0.05, 0.1) is 6.61 Å². The number of hydrogen-bond acceptors (Lipinski definition) is 8. The summed E-state index contributed by atoms with van der Waals surface area (Å²) < 4.78 is 21.3. The Kier molecular flexibility index (Phi) is 6.97. The number of aromatic amines is 1. The van der Waals surface area contributed by atoms with Crippen LogP contribution in [0.25, 0.3) is 11.1 Å². The number of aliphatic hydroxyl groups is 2. The molecule has 1 aliphatic rings. The summed E-state index contributed by atoms with van der Waals surface area (Å²) in [7, 11) is -4.88. The molecule has 184 valence electrons. The van der Waals surface area contributed by atoms with E-state index >= 15 is 0 Å². The zero-order chi connectivity index (χ0) is 25.3. The second kappa shape index (κ2) is 9.80. The van der Waals surface area contributed by atoms with Crippen LogP contribution in [-0.4, -0.2) is 60.3 Å². The van der Waals surface area contributed by atoms with E-state index in [4.69, 9.17) is 14.5 Å². The largest absolute Gasteiger partial charge is 0.469 e. The molecule has 35 heavy (non-hydrogen) atoms. The predicted octanol–water partition coefficient (Wildman–Crippen LogP) is 0.163. The van der Waals surface area contributed by atoms with Crippen LogP contribution in [-0.2, 0) is 13.8 Å². The average Bonchev–Trinajstić information content (AvgIpc) is 3.11. The van der Waals surface area contributed by atoms with Crippen molar-refractivity contribution < 1.29 is 38.6 Å². The smallest absolute Gasteiger partial charge is 0.387 e. The maximum Gasteiger partial charge on any atom is 0.469 e. The molecule has 1 aromatic heterocycles. The first-order valence-electron chi connectivity index (χ1n) is 10.3. The standard InChI is InChI=1S/C22H21N2O10P/c25-17(14-8-6-13(7-9-14)12-4-2-1-3-5-12)15-10-24(22(29)23-20(15)28)21-19(27)18(26)16(34-21)11-33-35(30,31)32/h1-10,16,18-19,21,26-27H,11H2,(H,23,28,29)(H2,30,31,32)/t16-,18-,19-,21-/m1/s1. The number of rotatable bonds is 7. The SMILES string of the molecule is O=C(c1ccc(-c2ccccc2)cc1)c1cn([C@@H]2O[C@H](COP(=O)(O)O)[C@@H](O)[C@H]2O)c(=O)[nH]c1=O. The van der Waals surface area contributed by atoms with Gasteiger partial charge < -0.3 is 24.7 Å². The van der Waals surface area contributed by atoms with Crippen LogP contribution in [0.4, 0.5) is 0 Å². The van der Waals surface area contributed by atoms with Crippen LogP contribution in [0.5, 0.6) is 0 Å². The molecular weight excluding hydrogens is 483 g/mol. The van der Waals surface area contributed by atoms with Crippen molar-refractivity contribution in [1.29, 1.82) is 0 Å². The highest BCUT2D eigenvalue weighted by molar-refractivity contribution is 7.46. The van der Waals surface area contributed by atoms with Crippen LogP contribution in [0.2, 0.25) is 0 Å². The van der Waals surface area contributed by atoms with Crippen LogP contribution in [0.1, 0.15) is 22.1 Å². The van der Waals surface area contributed by atoms with E-state index < -0.39 is 61.6 Å². The Morgan fingerprint density at radius 3 is 2.26 bits per heavy atom. The van der Waals surface area contributed by atoms with Crippen LogP contribution >= 0.6 is 7.82 Å². The lowest BCUT2D eigenvalue weighted by Crippen LogP contribution is -2.39. The fourth-order valence-electron chi connectivity index (χ4n) is 3.70. The number of hydrogen-bond donors (Lipinski definition) is 5. The van der Waals surface area contributed by atoms with Gasteiger partial charge in [-0.2, -0.15) is 0 Å². The van der Waals surface area contributed by atoms with E-state index in [2.05, 4.69) is 4.52 Å². The van der Waals surface area contributed by atoms with Gasteiger partial charge in [-0.1, -0.05) is 54.6 Å². The molecule has 2 heterocycles. The minimum atomic E-state index is -4.88. The van der Waals surface area contributed by atoms with E-state index in [1.165, 1.54) is 12.1 Å². The molecule has 1 fully saturated rings. The number of carbonyl (C=O) groups excluding carboxylic acids is 1. The number of nitrogens with zero attached hydrogens (tertiary/aromatic N) is 1. The molecule has 2 aromatic carbocycles. The van der Waals surface area contributed by atoms with E-state index in [0.29, 0.717) is 0 Å². The number of H-pyrrole nitrogens is 1. The summed E-state index contributed by atoms with van der Waals surface area (Å²) in [5.74, 6) is -0.700. The number of benzene rings is 2. The van der Waals surface area contributed by atoms with Gasteiger partial charge >= 0.3 is 13.5 Å². The average molecular weight is 504 g/mol. The molecule has 3 aromatic rings. The van der Waals surface area contributed by atoms with Crippen molar-refractivity contribution in [3.8, 4) is 11.1 Å². The summed E-state index contributed by atoms with van der Waals surface area (Å²) >= 11 is 0. The molecule has 12 nitrogen and oxygen atoms in total. The maximum atomic E-state index is 13.0. The molecule has 1 saturated heterocycles. The summed E-state index contributed by atoms with van der Waals surface area (Å²) in [5, 5.41) is 20.5. The molecule has 0 aliphatic carbocycles. The molecule has 4 atom stereocenters. The van der Waals surface area contributed by atoms with Crippen molar-refractivity contribution in [2.45, 2.75) is 24.5 Å². The summed E-state index contributed by atoms with van der Waals surface area (Å²) in [5.41, 5.74) is -0.461. The number of carbonyl (C=O) groups is 1. The van der Waals surface area contributed by atoms with Gasteiger partial charge in [-0.25, -0.2) is 9.36 Å². The minimum Gasteiger partial charge on any atom is -0.387 e. The van der Waals surface area contributed by atoms with Gasteiger partial charge in [0.1, 0.15) is 23.9 Å². The lowest BCUT2D eigenvalue weighted by molar-refractivity contribution is -0.0543. The molecule has 0 radical (unpaired) electrons. The zero-order valence-corrected chi connectivity index (χ0v) is 18.8. The summed E-state index contributed by atoms with van der Waals surface area (Å²) in [6.45, 7) is -0.781. The number of phosphoric acid groups is 1. The Labute approximate surface area is 197 Å². The van der Waals surface area contributed by atoms with Gasteiger partial charge in [0.2, 0.25) is 0 Å². The Balaban J connectivity index is 1.61. The van der Waals surface area contributed by atoms with Gasteiger partial charge in [0.15, 0.2) is 12.0 Å². The summed E-state index contributed by atoms with van der Waals surface area (Å²) in [6, 6.07) is 15.9. The molecule has 0 spiro atoms. The lowest BCUT2D eigenvalue weighted by atomic mass is 10.0. The third kappa shape index (κ3) is 5.39. The molecular formula is C22H21N2O10P. The quantitative estimate of drug-likeness (QED) is 0.219. The molecule has 0 saturated carbocycles. The number of aliphatic hydroxyl groups excluding tert-OH is 2. The third-order valence-electron chi connectivity index (χ3n) is 5.48. The van der Waals surface area contributed by atoms with E-state index in [1.807, 2.05) is 35.3 Å². The monoisotopic (exact) mass is 504 g/mol. The number of aromatic nitrogens is 2. The van der Waals surface area contributed by atoms with Crippen LogP contribution < -0.4 is 11.2 Å². The third-order valence-corrected chi connectivity index (χ3v) is 5.97. The summed E-state index contributed by atoms with van der Waals surface area (Å²) in [6.07, 6.45) is -5.45. The van der Waals surface area contributed by atoms with Gasteiger partial charge in [-0.05, 0) is 11.1 Å². The van der Waals surface area contributed by atoms with E-state index in [1.54, 1.807) is 12.1 Å². The summed E-state index contributed by atoms with van der Waals surface area (Å²) in [4.78, 5) is 57.4. The minimum absolute atomic E-state index is 0.168. The second-order valence-electron chi connectivity index (χ2n) is 7.81.